The Kier molecular flexibility index (Phi) is 3.70. The highest BCUT2D eigenvalue weighted by atomic mass is 16.2. The van der Waals surface area contributed by atoms with Crippen LogP contribution in [0, 0.1) is 0 Å². The van der Waals surface area contributed by atoms with Gasteiger partial charge in [0.15, 0.2) is 5.82 Å². The predicted molar refractivity (Wildman–Crippen MR) is 64.2 cm³/mol. The molecule has 0 aliphatic heterocycles. The van der Waals surface area contributed by atoms with E-state index in [1.54, 1.807) is 0 Å². The molecule has 5 nitrogen and oxygen atoms in total. The molecule has 0 radical (unpaired) electrons. The van der Waals surface area contributed by atoms with E-state index in [4.69, 9.17) is 5.73 Å². The van der Waals surface area contributed by atoms with E-state index in [-0.39, 0.29) is 11.3 Å². The van der Waals surface area contributed by atoms with Crippen LogP contribution in [0.3, 0.4) is 0 Å². The molecule has 0 saturated heterocycles. The number of hydrogen-bond acceptors (Lipinski definition) is 3. The van der Waals surface area contributed by atoms with E-state index in [9.17, 15) is 4.79 Å². The summed E-state index contributed by atoms with van der Waals surface area (Å²) in [5.41, 5.74) is 6.58. The van der Waals surface area contributed by atoms with Crippen molar-refractivity contribution in [2.75, 3.05) is 5.32 Å². The number of aromatic nitrogens is 2. The van der Waals surface area contributed by atoms with Crippen molar-refractivity contribution in [2.24, 2.45) is 5.73 Å². The summed E-state index contributed by atoms with van der Waals surface area (Å²) in [6, 6.07) is 1.36. The molecule has 0 aliphatic rings. The topological polar surface area (TPSA) is 83.8 Å². The van der Waals surface area contributed by atoms with Gasteiger partial charge in [-0.05, 0) is 6.42 Å². The largest absolute Gasteiger partial charge is 0.320 e. The fourth-order valence-corrected chi connectivity index (χ4v) is 1.17. The third-order valence-corrected chi connectivity index (χ3v) is 2.41. The second kappa shape index (κ2) is 4.65. The van der Waals surface area contributed by atoms with Gasteiger partial charge in [-0.15, -0.1) is 0 Å². The Bertz CT molecular complexity index is 364. The lowest BCUT2D eigenvalue weighted by Crippen LogP contribution is -2.34. The first-order chi connectivity index (χ1) is 7.34. The third kappa shape index (κ3) is 3.06. The molecule has 0 bridgehead atoms. The standard InChI is InChI=1S/C11H20N4O/c1-5-7(12)10(16)13-9-6-8(14-15-9)11(2,3)4/h6-7H,5,12H2,1-4H3,(H2,13,14,15,16)/t7-/m1/s1. The van der Waals surface area contributed by atoms with Gasteiger partial charge in [0.05, 0.1) is 6.04 Å². The van der Waals surface area contributed by atoms with Crippen LogP contribution in [0.15, 0.2) is 6.07 Å². The number of carbonyl (C=O) groups excluding carboxylic acids is 1. The second-order valence-electron chi connectivity index (χ2n) is 4.92. The Morgan fingerprint density at radius 2 is 2.25 bits per heavy atom. The summed E-state index contributed by atoms with van der Waals surface area (Å²) in [5, 5.41) is 9.61. The molecule has 1 rings (SSSR count). The smallest absolute Gasteiger partial charge is 0.242 e. The Balaban J connectivity index is 2.70. The highest BCUT2D eigenvalue weighted by Gasteiger charge is 2.18. The number of carbonyl (C=O) groups is 1. The molecule has 1 aromatic rings. The van der Waals surface area contributed by atoms with Crippen molar-refractivity contribution in [2.45, 2.75) is 45.6 Å². The van der Waals surface area contributed by atoms with Gasteiger partial charge in [0, 0.05) is 17.2 Å². The lowest BCUT2D eigenvalue weighted by atomic mass is 9.92. The van der Waals surface area contributed by atoms with E-state index in [0.29, 0.717) is 12.2 Å². The van der Waals surface area contributed by atoms with Crippen molar-refractivity contribution in [1.29, 1.82) is 0 Å². The highest BCUT2D eigenvalue weighted by molar-refractivity contribution is 5.93. The monoisotopic (exact) mass is 224 g/mol. The zero-order valence-corrected chi connectivity index (χ0v) is 10.3. The van der Waals surface area contributed by atoms with Gasteiger partial charge >= 0.3 is 0 Å². The average Bonchev–Trinajstić information content (AvgIpc) is 2.64. The molecule has 0 aliphatic carbocycles. The summed E-state index contributed by atoms with van der Waals surface area (Å²) in [5.74, 6) is 0.327. The lowest BCUT2D eigenvalue weighted by molar-refractivity contribution is -0.117. The first-order valence-corrected chi connectivity index (χ1v) is 5.47. The SMILES string of the molecule is CC[C@@H](N)C(=O)Nc1cc(C(C)(C)C)[nH]n1. The summed E-state index contributed by atoms with van der Waals surface area (Å²) in [6.07, 6.45) is 0.613. The molecule has 1 heterocycles. The van der Waals surface area contributed by atoms with Crippen LogP contribution in [0.2, 0.25) is 0 Å². The molecule has 0 saturated carbocycles. The number of amides is 1. The van der Waals surface area contributed by atoms with Crippen LogP contribution in [0.4, 0.5) is 5.82 Å². The summed E-state index contributed by atoms with van der Waals surface area (Å²) >= 11 is 0. The van der Waals surface area contributed by atoms with Gasteiger partial charge in [-0.3, -0.25) is 9.89 Å². The summed E-state index contributed by atoms with van der Waals surface area (Å²) in [4.78, 5) is 11.5. The van der Waals surface area contributed by atoms with Crippen LogP contribution in [-0.4, -0.2) is 22.1 Å². The number of nitrogens with two attached hydrogens (primary N) is 1. The number of aromatic amines is 1. The molecule has 0 fully saturated rings. The number of anilines is 1. The van der Waals surface area contributed by atoms with Crippen LogP contribution in [0.5, 0.6) is 0 Å². The van der Waals surface area contributed by atoms with E-state index >= 15 is 0 Å². The summed E-state index contributed by atoms with van der Waals surface area (Å²) < 4.78 is 0. The highest BCUT2D eigenvalue weighted by Crippen LogP contribution is 2.21. The maximum absolute atomic E-state index is 11.5. The number of nitrogens with zero attached hydrogens (tertiary/aromatic N) is 1. The molecular formula is C11H20N4O. The van der Waals surface area contributed by atoms with E-state index in [2.05, 4.69) is 36.3 Å². The van der Waals surface area contributed by atoms with Crippen molar-refractivity contribution in [3.05, 3.63) is 11.8 Å². The molecule has 0 unspecified atom stereocenters. The van der Waals surface area contributed by atoms with E-state index in [1.165, 1.54) is 0 Å². The van der Waals surface area contributed by atoms with Crippen molar-refractivity contribution in [3.63, 3.8) is 0 Å². The first kappa shape index (κ1) is 12.7. The summed E-state index contributed by atoms with van der Waals surface area (Å²) in [6.45, 7) is 8.09. The normalized spacial score (nSPS) is 13.6. The minimum atomic E-state index is -0.477. The number of nitrogens with one attached hydrogen (secondary N) is 2. The fourth-order valence-electron chi connectivity index (χ4n) is 1.17. The van der Waals surface area contributed by atoms with Crippen LogP contribution >= 0.6 is 0 Å². The minimum absolute atomic E-state index is 0.0111. The van der Waals surface area contributed by atoms with Crippen LogP contribution in [0.25, 0.3) is 0 Å². The van der Waals surface area contributed by atoms with Crippen LogP contribution in [-0.2, 0) is 10.2 Å². The van der Waals surface area contributed by atoms with Gasteiger partial charge in [-0.2, -0.15) is 5.10 Å². The molecule has 4 N–H and O–H groups in total. The van der Waals surface area contributed by atoms with Gasteiger partial charge in [0.1, 0.15) is 0 Å². The average molecular weight is 224 g/mol. The maximum Gasteiger partial charge on any atom is 0.242 e. The van der Waals surface area contributed by atoms with Gasteiger partial charge in [0.25, 0.3) is 0 Å². The van der Waals surface area contributed by atoms with Crippen molar-refractivity contribution < 1.29 is 4.79 Å². The quantitative estimate of drug-likeness (QED) is 0.725. The van der Waals surface area contributed by atoms with Crippen molar-refractivity contribution in [1.82, 2.24) is 10.2 Å². The minimum Gasteiger partial charge on any atom is -0.320 e. The molecule has 0 spiro atoms. The van der Waals surface area contributed by atoms with E-state index < -0.39 is 6.04 Å². The molecule has 1 atom stereocenters. The molecule has 1 amide bonds. The Morgan fingerprint density at radius 3 is 2.69 bits per heavy atom. The van der Waals surface area contributed by atoms with Crippen molar-refractivity contribution >= 4 is 11.7 Å². The Labute approximate surface area is 95.8 Å². The van der Waals surface area contributed by atoms with E-state index in [1.807, 2.05) is 13.0 Å². The fraction of sp³-hybridized carbons (Fsp3) is 0.636. The Hall–Kier alpha value is -1.36. The molecule has 0 aromatic carbocycles. The number of H-pyrrole nitrogens is 1. The zero-order chi connectivity index (χ0) is 12.3. The number of rotatable bonds is 3. The number of hydrogen-bond donors (Lipinski definition) is 3. The third-order valence-electron chi connectivity index (χ3n) is 2.41. The van der Waals surface area contributed by atoms with Crippen LogP contribution in [0.1, 0.15) is 39.8 Å². The predicted octanol–water partition coefficient (Wildman–Crippen LogP) is 1.38. The maximum atomic E-state index is 11.5. The van der Waals surface area contributed by atoms with Crippen LogP contribution < -0.4 is 11.1 Å². The van der Waals surface area contributed by atoms with Gasteiger partial charge in [-0.25, -0.2) is 0 Å². The molecule has 16 heavy (non-hydrogen) atoms. The molecule has 5 heteroatoms. The second-order valence-corrected chi connectivity index (χ2v) is 4.92. The van der Waals surface area contributed by atoms with Crippen molar-refractivity contribution in [3.8, 4) is 0 Å². The van der Waals surface area contributed by atoms with Gasteiger partial charge in [-0.1, -0.05) is 27.7 Å². The zero-order valence-electron chi connectivity index (χ0n) is 10.3. The first-order valence-electron chi connectivity index (χ1n) is 5.47. The van der Waals surface area contributed by atoms with E-state index in [0.717, 1.165) is 5.69 Å². The Morgan fingerprint density at radius 1 is 1.62 bits per heavy atom. The molecule has 90 valence electrons. The molecular weight excluding hydrogens is 204 g/mol. The molecule has 1 aromatic heterocycles. The lowest BCUT2D eigenvalue weighted by Gasteiger charge is -2.14. The van der Waals surface area contributed by atoms with Gasteiger partial charge < -0.3 is 11.1 Å². The van der Waals surface area contributed by atoms with Gasteiger partial charge in [0.2, 0.25) is 5.91 Å². The summed E-state index contributed by atoms with van der Waals surface area (Å²) in [7, 11) is 0.